The third-order valence-electron chi connectivity index (χ3n) is 5.87. The fourth-order valence-electron chi connectivity index (χ4n) is 4.30. The summed E-state index contributed by atoms with van der Waals surface area (Å²) < 4.78 is 3.59. The summed E-state index contributed by atoms with van der Waals surface area (Å²) in [6, 6.07) is 8.12. The molecule has 3 aromatic rings. The topological polar surface area (TPSA) is 64.5 Å². The molecular formula is C23H29N5O. The molecule has 3 aromatic heterocycles. The van der Waals surface area contributed by atoms with Gasteiger partial charge in [-0.2, -0.15) is 5.10 Å². The number of fused-ring (bicyclic) bond motifs is 1. The van der Waals surface area contributed by atoms with Crippen LogP contribution in [0, 0.1) is 20.8 Å². The summed E-state index contributed by atoms with van der Waals surface area (Å²) in [6.07, 6.45) is 8.90. The summed E-state index contributed by atoms with van der Waals surface area (Å²) in [7, 11) is 0. The van der Waals surface area contributed by atoms with Crippen LogP contribution < -0.4 is 5.49 Å². The number of aromatic nitrogens is 4. The van der Waals surface area contributed by atoms with Crippen LogP contribution in [0.5, 0.6) is 0 Å². The Balaban J connectivity index is 1.57. The zero-order valence-corrected chi connectivity index (χ0v) is 17.6. The summed E-state index contributed by atoms with van der Waals surface area (Å²) in [5.41, 5.74) is 5.69. The number of pyridine rings is 1. The zero-order valence-electron chi connectivity index (χ0n) is 17.6. The lowest BCUT2D eigenvalue weighted by atomic mass is 9.96. The monoisotopic (exact) mass is 391 g/mol. The molecule has 0 atom stereocenters. The number of hydrogen-bond acceptors (Lipinski definition) is 4. The average molecular weight is 392 g/mol. The van der Waals surface area contributed by atoms with Crippen LogP contribution in [0.1, 0.15) is 66.0 Å². The molecule has 4 rings (SSSR count). The average Bonchev–Trinajstić information content (AvgIpc) is 3.09. The van der Waals surface area contributed by atoms with Gasteiger partial charge >= 0.3 is 0 Å². The van der Waals surface area contributed by atoms with Crippen molar-refractivity contribution < 1.29 is 4.79 Å². The Morgan fingerprint density at radius 2 is 1.97 bits per heavy atom. The van der Waals surface area contributed by atoms with Crippen molar-refractivity contribution in [2.45, 2.75) is 71.8 Å². The molecule has 1 fully saturated rings. The third kappa shape index (κ3) is 4.16. The van der Waals surface area contributed by atoms with E-state index in [-0.39, 0.29) is 5.91 Å². The van der Waals surface area contributed by atoms with Gasteiger partial charge in [-0.3, -0.25) is 14.4 Å². The van der Waals surface area contributed by atoms with E-state index in [2.05, 4.69) is 10.1 Å². The second-order valence-electron chi connectivity index (χ2n) is 8.06. The lowest BCUT2D eigenvalue weighted by molar-refractivity contribution is 0.0897. The van der Waals surface area contributed by atoms with E-state index in [9.17, 15) is 4.79 Å². The first kappa shape index (κ1) is 19.6. The summed E-state index contributed by atoms with van der Waals surface area (Å²) in [4.78, 5) is 22.6. The predicted molar refractivity (Wildman–Crippen MR) is 113 cm³/mol. The van der Waals surface area contributed by atoms with Gasteiger partial charge in [-0.05, 0) is 57.7 Å². The van der Waals surface area contributed by atoms with Crippen molar-refractivity contribution in [3.63, 3.8) is 0 Å². The van der Waals surface area contributed by atoms with Crippen molar-refractivity contribution in [1.82, 2.24) is 19.2 Å². The highest BCUT2D eigenvalue weighted by atomic mass is 16.2. The van der Waals surface area contributed by atoms with Gasteiger partial charge in [0.05, 0.1) is 11.7 Å². The molecule has 0 spiro atoms. The highest BCUT2D eigenvalue weighted by molar-refractivity contribution is 5.78. The van der Waals surface area contributed by atoms with Crippen LogP contribution in [0.4, 0.5) is 0 Å². The molecule has 0 aromatic carbocycles. The van der Waals surface area contributed by atoms with E-state index in [0.29, 0.717) is 18.9 Å². The quantitative estimate of drug-likeness (QED) is 0.676. The molecule has 1 saturated carbocycles. The van der Waals surface area contributed by atoms with E-state index in [1.54, 1.807) is 4.57 Å². The van der Waals surface area contributed by atoms with Gasteiger partial charge in [0.25, 0.3) is 0 Å². The standard InChI is InChI=1S/C23H29N5O/c1-16-15-22-24-17(2)20(18(3)28(22)26-16)12-13-23(29)27-14-8-7-11-21(27)25-19-9-5-4-6-10-19/h7-8,11,14-15,19H,4-6,9-10,12-13H2,1-3H3. The molecule has 152 valence electrons. The normalized spacial score (nSPS) is 15.9. The van der Waals surface area contributed by atoms with Gasteiger partial charge in [0.2, 0.25) is 5.91 Å². The Morgan fingerprint density at radius 3 is 2.76 bits per heavy atom. The van der Waals surface area contributed by atoms with Gasteiger partial charge in [0, 0.05) is 30.1 Å². The van der Waals surface area contributed by atoms with E-state index in [1.165, 1.54) is 19.3 Å². The lowest BCUT2D eigenvalue weighted by Crippen LogP contribution is -2.29. The van der Waals surface area contributed by atoms with Crippen molar-refractivity contribution in [3.8, 4) is 0 Å². The van der Waals surface area contributed by atoms with Crippen molar-refractivity contribution in [2.75, 3.05) is 0 Å². The van der Waals surface area contributed by atoms with Crippen LogP contribution in [0.25, 0.3) is 5.65 Å². The van der Waals surface area contributed by atoms with Crippen LogP contribution in [0.2, 0.25) is 0 Å². The van der Waals surface area contributed by atoms with Crippen LogP contribution in [-0.4, -0.2) is 31.1 Å². The Labute approximate surface area is 171 Å². The molecule has 0 saturated heterocycles. The first-order chi connectivity index (χ1) is 14.0. The number of hydrogen-bond donors (Lipinski definition) is 0. The molecule has 0 bridgehead atoms. The van der Waals surface area contributed by atoms with Gasteiger partial charge in [-0.15, -0.1) is 0 Å². The van der Waals surface area contributed by atoms with E-state index < -0.39 is 0 Å². The van der Waals surface area contributed by atoms with E-state index in [0.717, 1.165) is 46.6 Å². The van der Waals surface area contributed by atoms with Crippen molar-refractivity contribution in [2.24, 2.45) is 4.99 Å². The van der Waals surface area contributed by atoms with Crippen molar-refractivity contribution in [3.05, 3.63) is 58.6 Å². The van der Waals surface area contributed by atoms with Gasteiger partial charge in [0.1, 0.15) is 5.49 Å². The maximum atomic E-state index is 13.0. The molecule has 0 radical (unpaired) electrons. The molecule has 0 aliphatic heterocycles. The number of nitrogens with zero attached hydrogens (tertiary/aromatic N) is 5. The zero-order chi connectivity index (χ0) is 20.4. The first-order valence-corrected chi connectivity index (χ1v) is 10.6. The molecule has 1 aliphatic rings. The van der Waals surface area contributed by atoms with E-state index in [4.69, 9.17) is 4.99 Å². The van der Waals surface area contributed by atoms with Gasteiger partial charge in [-0.1, -0.05) is 25.3 Å². The Morgan fingerprint density at radius 1 is 1.17 bits per heavy atom. The highest BCUT2D eigenvalue weighted by Gasteiger charge is 2.15. The summed E-state index contributed by atoms with van der Waals surface area (Å²) in [5.74, 6) is 0.0655. The molecule has 6 heteroatoms. The molecule has 6 nitrogen and oxygen atoms in total. The smallest absolute Gasteiger partial charge is 0.232 e. The molecule has 3 heterocycles. The number of rotatable bonds is 4. The number of aryl methyl sites for hydroxylation is 3. The summed E-state index contributed by atoms with van der Waals surface area (Å²) >= 11 is 0. The fourth-order valence-corrected chi connectivity index (χ4v) is 4.30. The minimum absolute atomic E-state index is 0.0655. The Bertz CT molecular complexity index is 1100. The molecule has 29 heavy (non-hydrogen) atoms. The molecular weight excluding hydrogens is 362 g/mol. The van der Waals surface area contributed by atoms with Crippen molar-refractivity contribution >= 4 is 11.6 Å². The summed E-state index contributed by atoms with van der Waals surface area (Å²) in [5, 5.41) is 4.53. The van der Waals surface area contributed by atoms with E-state index in [1.807, 2.05) is 55.7 Å². The molecule has 0 amide bonds. The van der Waals surface area contributed by atoms with Gasteiger partial charge in [0.15, 0.2) is 5.65 Å². The number of carbonyl (C=O) groups is 1. The van der Waals surface area contributed by atoms with E-state index >= 15 is 0 Å². The maximum absolute atomic E-state index is 13.0. The van der Waals surface area contributed by atoms with Crippen LogP contribution in [0.3, 0.4) is 0 Å². The first-order valence-electron chi connectivity index (χ1n) is 10.6. The second kappa shape index (κ2) is 8.31. The highest BCUT2D eigenvalue weighted by Crippen LogP contribution is 2.20. The maximum Gasteiger partial charge on any atom is 0.232 e. The summed E-state index contributed by atoms with van der Waals surface area (Å²) in [6.45, 7) is 6.03. The largest absolute Gasteiger partial charge is 0.274 e. The SMILES string of the molecule is Cc1cc2nc(C)c(CCC(=O)n3ccccc3=NC3CCCCC3)c(C)n2n1. The van der Waals surface area contributed by atoms with Gasteiger partial charge in [-0.25, -0.2) is 9.50 Å². The van der Waals surface area contributed by atoms with Gasteiger partial charge < -0.3 is 0 Å². The molecule has 0 N–H and O–H groups in total. The minimum atomic E-state index is 0.0655. The van der Waals surface area contributed by atoms with Crippen LogP contribution in [0.15, 0.2) is 35.5 Å². The second-order valence-corrected chi connectivity index (χ2v) is 8.06. The predicted octanol–water partition coefficient (Wildman–Crippen LogP) is 3.96. The third-order valence-corrected chi connectivity index (χ3v) is 5.87. The molecule has 1 aliphatic carbocycles. The fraction of sp³-hybridized carbons (Fsp3) is 0.478. The minimum Gasteiger partial charge on any atom is -0.274 e. The van der Waals surface area contributed by atoms with Crippen molar-refractivity contribution in [1.29, 1.82) is 0 Å². The Hall–Kier alpha value is -2.76. The van der Waals surface area contributed by atoms with Crippen LogP contribution >= 0.6 is 0 Å². The van der Waals surface area contributed by atoms with Crippen LogP contribution in [-0.2, 0) is 6.42 Å². The lowest BCUT2D eigenvalue weighted by Gasteiger charge is -2.18. The number of carbonyl (C=O) groups excluding carboxylic acids is 1. The Kier molecular flexibility index (Phi) is 5.60. The molecule has 0 unspecified atom stereocenters.